The van der Waals surface area contributed by atoms with Gasteiger partial charge in [-0.25, -0.2) is 9.18 Å². The average molecular weight is 348 g/mol. The van der Waals surface area contributed by atoms with Crippen LogP contribution in [0.3, 0.4) is 0 Å². The number of aliphatic hydroxyl groups is 1. The van der Waals surface area contributed by atoms with E-state index in [-0.39, 0.29) is 25.2 Å². The highest BCUT2D eigenvalue weighted by atomic mass is 19.1. The monoisotopic (exact) mass is 348 g/mol. The van der Waals surface area contributed by atoms with Crippen molar-refractivity contribution in [2.75, 3.05) is 25.0 Å². The number of hydrogen-bond acceptors (Lipinski definition) is 3. The Morgan fingerprint density at radius 3 is 2.72 bits per heavy atom. The first kappa shape index (κ1) is 17.7. The summed E-state index contributed by atoms with van der Waals surface area (Å²) in [7, 11) is 0. The predicted molar refractivity (Wildman–Crippen MR) is 91.9 cm³/mol. The van der Waals surface area contributed by atoms with Crippen molar-refractivity contribution in [2.45, 2.75) is 51.2 Å². The second-order valence-corrected chi connectivity index (χ2v) is 8.31. The van der Waals surface area contributed by atoms with E-state index in [0.29, 0.717) is 24.2 Å². The Morgan fingerprint density at radius 2 is 2.16 bits per heavy atom. The van der Waals surface area contributed by atoms with E-state index in [1.165, 1.54) is 4.90 Å². The summed E-state index contributed by atoms with van der Waals surface area (Å²) in [5.41, 5.74) is -2.21. The van der Waals surface area contributed by atoms with Crippen LogP contribution in [0.15, 0.2) is 12.3 Å². The minimum absolute atomic E-state index is 0.000721. The quantitative estimate of drug-likeness (QED) is 0.862. The van der Waals surface area contributed by atoms with Crippen molar-refractivity contribution < 1.29 is 14.3 Å². The molecule has 1 aromatic heterocycles. The lowest BCUT2D eigenvalue weighted by molar-refractivity contribution is 0.0202. The van der Waals surface area contributed by atoms with Gasteiger partial charge in [-0.2, -0.15) is 5.26 Å². The van der Waals surface area contributed by atoms with E-state index < -0.39 is 17.1 Å². The molecule has 0 unspecified atom stereocenters. The lowest BCUT2D eigenvalue weighted by atomic mass is 9.79. The largest absolute Gasteiger partial charge is 0.396 e. The van der Waals surface area contributed by atoms with Crippen molar-refractivity contribution in [3.05, 3.63) is 17.8 Å². The molecule has 2 N–H and O–H groups in total. The number of nitriles is 1. The summed E-state index contributed by atoms with van der Waals surface area (Å²) in [6.07, 6.45) is 3.42. The maximum atomic E-state index is 15.2. The molecule has 2 fully saturated rings. The number of anilines is 1. The number of nitrogens with one attached hydrogen (secondary N) is 1. The molecule has 6 nitrogen and oxygen atoms in total. The summed E-state index contributed by atoms with van der Waals surface area (Å²) in [5.74, 6) is 0.511. The average Bonchev–Trinajstić information content (AvgIpc) is 3.15. The number of rotatable bonds is 2. The predicted octanol–water partition coefficient (Wildman–Crippen LogP) is 2.83. The van der Waals surface area contributed by atoms with Crippen LogP contribution in [0, 0.1) is 16.7 Å². The zero-order valence-corrected chi connectivity index (χ0v) is 15.0. The number of aliphatic hydroxyl groups excluding tert-OH is 1. The van der Waals surface area contributed by atoms with Gasteiger partial charge in [-0.1, -0.05) is 0 Å². The highest BCUT2D eigenvalue weighted by Crippen LogP contribution is 2.53. The lowest BCUT2D eigenvalue weighted by Gasteiger charge is -2.30. The molecule has 0 spiro atoms. The van der Waals surface area contributed by atoms with Crippen molar-refractivity contribution in [1.29, 1.82) is 5.26 Å². The van der Waals surface area contributed by atoms with Crippen LogP contribution < -0.4 is 5.32 Å². The molecule has 2 atom stereocenters. The van der Waals surface area contributed by atoms with Crippen LogP contribution in [-0.2, 0) is 5.54 Å². The van der Waals surface area contributed by atoms with Gasteiger partial charge < -0.3 is 14.6 Å². The van der Waals surface area contributed by atoms with Gasteiger partial charge in [-0.15, -0.1) is 0 Å². The lowest BCUT2D eigenvalue weighted by Crippen LogP contribution is -2.41. The molecule has 1 aromatic rings. The van der Waals surface area contributed by atoms with E-state index >= 15 is 4.39 Å². The zero-order chi connectivity index (χ0) is 18.5. The van der Waals surface area contributed by atoms with Gasteiger partial charge >= 0.3 is 6.03 Å². The normalized spacial score (nSPS) is 28.7. The molecule has 2 aliphatic rings. The van der Waals surface area contributed by atoms with E-state index in [9.17, 15) is 9.90 Å². The number of aromatic nitrogens is 1. The fourth-order valence-corrected chi connectivity index (χ4v) is 4.17. The van der Waals surface area contributed by atoms with Crippen molar-refractivity contribution >= 4 is 11.8 Å². The minimum atomic E-state index is -1.51. The summed E-state index contributed by atoms with van der Waals surface area (Å²) in [6.45, 7) is 5.89. The van der Waals surface area contributed by atoms with Crippen LogP contribution in [-0.4, -0.2) is 46.0 Å². The first-order chi connectivity index (χ1) is 11.6. The van der Waals surface area contributed by atoms with Gasteiger partial charge in [0.1, 0.15) is 17.6 Å². The number of alkyl halides is 1. The number of fused-ring (bicyclic) bond motifs is 1. The molecular weight excluding hydrogens is 323 g/mol. The molecular formula is C18H25FN4O2. The molecule has 2 heterocycles. The van der Waals surface area contributed by atoms with Gasteiger partial charge in [-0.05, 0) is 46.1 Å². The van der Waals surface area contributed by atoms with Gasteiger partial charge in [0.05, 0.1) is 18.7 Å². The van der Waals surface area contributed by atoms with Crippen LogP contribution in [0.2, 0.25) is 0 Å². The molecule has 25 heavy (non-hydrogen) atoms. The SMILES string of the molecule is CC(C)(C)n1cc(C#N)cc1NC(=O)N1C[C@@]2(F)CCC[C@@]2(CO)C1. The summed E-state index contributed by atoms with van der Waals surface area (Å²) >= 11 is 0. The molecule has 0 radical (unpaired) electrons. The Balaban J connectivity index is 1.81. The van der Waals surface area contributed by atoms with Gasteiger partial charge in [0.15, 0.2) is 0 Å². The second-order valence-electron chi connectivity index (χ2n) is 8.31. The zero-order valence-electron chi connectivity index (χ0n) is 15.0. The first-order valence-corrected chi connectivity index (χ1v) is 8.63. The molecule has 1 saturated carbocycles. The summed E-state index contributed by atoms with van der Waals surface area (Å²) < 4.78 is 17.0. The summed E-state index contributed by atoms with van der Waals surface area (Å²) in [6, 6.07) is 3.30. The van der Waals surface area contributed by atoms with E-state index in [1.807, 2.05) is 25.3 Å². The van der Waals surface area contributed by atoms with Crippen LogP contribution in [0.5, 0.6) is 0 Å². The van der Waals surface area contributed by atoms with Crippen molar-refractivity contribution in [2.24, 2.45) is 5.41 Å². The van der Waals surface area contributed by atoms with E-state index in [1.54, 1.807) is 12.3 Å². The highest BCUT2D eigenvalue weighted by Gasteiger charge is 2.62. The number of amides is 2. The number of carbonyl (C=O) groups is 1. The molecule has 2 amide bonds. The number of likely N-dealkylation sites (tertiary alicyclic amines) is 1. The van der Waals surface area contributed by atoms with Gasteiger partial charge in [0.2, 0.25) is 0 Å². The fraction of sp³-hybridized carbons (Fsp3) is 0.667. The topological polar surface area (TPSA) is 81.3 Å². The fourth-order valence-electron chi connectivity index (χ4n) is 4.17. The molecule has 0 bridgehead atoms. The Kier molecular flexibility index (Phi) is 4.07. The van der Waals surface area contributed by atoms with E-state index in [4.69, 9.17) is 5.26 Å². The van der Waals surface area contributed by atoms with Crippen molar-refractivity contribution in [1.82, 2.24) is 9.47 Å². The molecule has 1 aliphatic heterocycles. The number of hydrogen-bond donors (Lipinski definition) is 2. The van der Waals surface area contributed by atoms with Crippen LogP contribution in [0.25, 0.3) is 0 Å². The maximum absolute atomic E-state index is 15.2. The Bertz CT molecular complexity index is 732. The Morgan fingerprint density at radius 1 is 1.44 bits per heavy atom. The van der Waals surface area contributed by atoms with Crippen LogP contribution >= 0.6 is 0 Å². The van der Waals surface area contributed by atoms with Crippen LogP contribution in [0.4, 0.5) is 15.0 Å². The standard InChI is InChI=1S/C18H25FN4O2/c1-16(2,3)23-9-13(8-20)7-14(23)21-15(25)22-10-17(12-24)5-4-6-18(17,19)11-22/h7,9,24H,4-6,10-12H2,1-3H3,(H,21,25)/t17-,18-/m0/s1. The Labute approximate surface area is 147 Å². The second kappa shape index (κ2) is 5.73. The van der Waals surface area contributed by atoms with Crippen molar-refractivity contribution in [3.8, 4) is 6.07 Å². The van der Waals surface area contributed by atoms with E-state index in [0.717, 1.165) is 6.42 Å². The first-order valence-electron chi connectivity index (χ1n) is 8.63. The molecule has 1 saturated heterocycles. The molecule has 136 valence electrons. The number of urea groups is 1. The number of carbonyl (C=O) groups excluding carboxylic acids is 1. The highest BCUT2D eigenvalue weighted by molar-refractivity contribution is 5.89. The summed E-state index contributed by atoms with van der Waals surface area (Å²) in [5, 5.41) is 21.7. The third-order valence-corrected chi connectivity index (χ3v) is 5.61. The van der Waals surface area contributed by atoms with E-state index in [2.05, 4.69) is 11.4 Å². The molecule has 7 heteroatoms. The third kappa shape index (κ3) is 2.78. The summed E-state index contributed by atoms with van der Waals surface area (Å²) in [4.78, 5) is 14.1. The third-order valence-electron chi connectivity index (χ3n) is 5.61. The smallest absolute Gasteiger partial charge is 0.323 e. The molecule has 0 aromatic carbocycles. The maximum Gasteiger partial charge on any atom is 0.323 e. The van der Waals surface area contributed by atoms with Gasteiger partial charge in [0, 0.05) is 23.7 Å². The molecule has 1 aliphatic carbocycles. The van der Waals surface area contributed by atoms with Gasteiger partial charge in [-0.3, -0.25) is 5.32 Å². The van der Waals surface area contributed by atoms with Gasteiger partial charge in [0.25, 0.3) is 0 Å². The number of halogens is 1. The Hall–Kier alpha value is -2.07. The molecule has 3 rings (SSSR count). The number of nitrogens with zero attached hydrogens (tertiary/aromatic N) is 3. The van der Waals surface area contributed by atoms with Crippen LogP contribution in [0.1, 0.15) is 45.6 Å². The van der Waals surface area contributed by atoms with Crippen molar-refractivity contribution in [3.63, 3.8) is 0 Å². The minimum Gasteiger partial charge on any atom is -0.396 e.